The molecule has 3 N–H and O–H groups in total. The van der Waals surface area contributed by atoms with Gasteiger partial charge in [-0.2, -0.15) is 0 Å². The Balaban J connectivity index is 1.26. The highest BCUT2D eigenvalue weighted by Crippen LogP contribution is 2.76. The van der Waals surface area contributed by atoms with Crippen LogP contribution in [0.4, 0.5) is 18.8 Å². The molecular formula is C40H50FN5O9PS+. The number of alkyl carbamates (subject to hydrolysis) is 1. The Morgan fingerprint density at radius 2 is 1.75 bits per heavy atom. The van der Waals surface area contributed by atoms with E-state index in [1.807, 2.05) is 0 Å². The molecule has 2 saturated heterocycles. The van der Waals surface area contributed by atoms with Crippen molar-refractivity contribution in [1.29, 1.82) is 0 Å². The maximum absolute atomic E-state index is 14.5. The van der Waals surface area contributed by atoms with Crippen molar-refractivity contribution in [1.82, 2.24) is 24.9 Å². The Kier molecular flexibility index (Phi) is 13.1. The molecule has 4 aliphatic rings. The molecule has 0 spiro atoms. The second-order valence-electron chi connectivity index (χ2n) is 15.9. The standard InChI is InChI=1S/C40H49FN5O9PS/c1-40(2,3)55-37(50)42-33-15-10-8-6-4-5-7-9-13-29-25-56(29,38(51)44-57(53)30-18-16-26(24-47)17-19-30)43-35(48)34-20-28(22-46(34)36(33)49)54-39(52)45-21-27-12-11-14-32(41)31(27)23-45/h5,7,11-12,14,16-19,24,28-29,33-34H,4,6,8-10,13,15,20-23,25H2,1-3H3,(H2-,42,43,44,48,50,51)/p+1/b7-5-. The predicted molar refractivity (Wildman–Crippen MR) is 211 cm³/mol. The van der Waals surface area contributed by atoms with Gasteiger partial charge in [0.25, 0.3) is 5.91 Å². The molecule has 0 aromatic heterocycles. The Morgan fingerprint density at radius 3 is 2.47 bits per heavy atom. The van der Waals surface area contributed by atoms with Crippen molar-refractivity contribution >= 4 is 54.3 Å². The summed E-state index contributed by atoms with van der Waals surface area (Å²) in [6.07, 6.45) is 7.15. The molecule has 6 atom stereocenters. The van der Waals surface area contributed by atoms with E-state index < -0.39 is 77.7 Å². The molecule has 2 aromatic rings. The molecule has 6 rings (SSSR count). The van der Waals surface area contributed by atoms with E-state index in [9.17, 15) is 37.4 Å². The van der Waals surface area contributed by atoms with Crippen LogP contribution in [0.15, 0.2) is 59.5 Å². The van der Waals surface area contributed by atoms with Crippen LogP contribution in [0.2, 0.25) is 0 Å². The van der Waals surface area contributed by atoms with Crippen LogP contribution in [0.5, 0.6) is 0 Å². The van der Waals surface area contributed by atoms with E-state index in [1.54, 1.807) is 32.9 Å². The number of allylic oxidation sites excluding steroid dienone is 2. The largest absolute Gasteiger partial charge is 0.444 e. The molecule has 4 heterocycles. The van der Waals surface area contributed by atoms with Crippen molar-refractivity contribution in [2.24, 2.45) is 0 Å². The lowest BCUT2D eigenvalue weighted by molar-refractivity contribution is -0.139. The zero-order chi connectivity index (χ0) is 40.9. The van der Waals surface area contributed by atoms with Gasteiger partial charge in [0.1, 0.15) is 47.7 Å². The molecule has 4 aliphatic heterocycles. The minimum absolute atomic E-state index is 0.00327. The topological polar surface area (TPSA) is 181 Å². The highest BCUT2D eigenvalue weighted by Gasteiger charge is 2.72. The lowest BCUT2D eigenvalue weighted by Gasteiger charge is -2.29. The predicted octanol–water partition coefficient (Wildman–Crippen LogP) is 6.12. The number of carbonyl (C=O) groups is 6. The van der Waals surface area contributed by atoms with Gasteiger partial charge in [-0.25, -0.2) is 32.8 Å². The maximum atomic E-state index is 14.5. The molecule has 57 heavy (non-hydrogen) atoms. The molecule has 0 bridgehead atoms. The summed E-state index contributed by atoms with van der Waals surface area (Å²) in [5.41, 5.74) is -0.160. The summed E-state index contributed by atoms with van der Waals surface area (Å²) < 4.78 is 41.7. The number of hydrogen-bond acceptors (Lipinski definition) is 9. The third kappa shape index (κ3) is 10.3. The first kappa shape index (κ1) is 41.9. The first-order valence-corrected chi connectivity index (χ1v) is 22.5. The molecule has 5 amide bonds. The van der Waals surface area contributed by atoms with Gasteiger partial charge in [0.05, 0.1) is 18.0 Å². The average Bonchev–Trinajstić information content (AvgIpc) is 3.45. The molecule has 306 valence electrons. The third-order valence-electron chi connectivity index (χ3n) is 10.6. The Morgan fingerprint density at radius 1 is 1.00 bits per heavy atom. The molecule has 0 radical (unpaired) electrons. The van der Waals surface area contributed by atoms with Crippen molar-refractivity contribution in [3.63, 3.8) is 0 Å². The fraction of sp³-hybridized carbons (Fsp3) is 0.500. The van der Waals surface area contributed by atoms with E-state index in [-0.39, 0.29) is 43.0 Å². The van der Waals surface area contributed by atoms with Gasteiger partial charge in [-0.3, -0.25) is 19.3 Å². The number of halogens is 1. The van der Waals surface area contributed by atoms with Crippen LogP contribution in [-0.2, 0) is 43.1 Å². The molecule has 0 saturated carbocycles. The Hall–Kier alpha value is -4.69. The summed E-state index contributed by atoms with van der Waals surface area (Å²) in [4.78, 5) is 83.5. The molecule has 2 fully saturated rings. The average molecular weight is 827 g/mol. The summed E-state index contributed by atoms with van der Waals surface area (Å²) in [5, 5.41) is 5.73. The summed E-state index contributed by atoms with van der Waals surface area (Å²) in [6.45, 7) is 5.08. The van der Waals surface area contributed by atoms with Crippen LogP contribution in [-0.4, -0.2) is 92.1 Å². The summed E-state index contributed by atoms with van der Waals surface area (Å²) in [6, 6.07) is 8.31. The first-order valence-electron chi connectivity index (χ1n) is 19.3. The Bertz CT molecular complexity index is 1940. The number of hydrogen-bond donors (Lipinski definition) is 3. The summed E-state index contributed by atoms with van der Waals surface area (Å²) >= 11 is 0. The Labute approximate surface area is 334 Å². The van der Waals surface area contributed by atoms with E-state index in [4.69, 9.17) is 9.47 Å². The lowest BCUT2D eigenvalue weighted by atomic mass is 10.0. The number of aldehydes is 1. The highest BCUT2D eigenvalue weighted by atomic mass is 32.2. The van der Waals surface area contributed by atoms with Crippen molar-refractivity contribution in [2.45, 2.75) is 120 Å². The van der Waals surface area contributed by atoms with Crippen molar-refractivity contribution in [3.8, 4) is 0 Å². The molecule has 2 aromatic carbocycles. The van der Waals surface area contributed by atoms with Gasteiger partial charge < -0.3 is 19.7 Å². The van der Waals surface area contributed by atoms with Crippen LogP contribution in [0.25, 0.3) is 0 Å². The third-order valence-corrected chi connectivity index (χ3v) is 15.5. The molecule has 14 nitrogen and oxygen atoms in total. The normalized spacial score (nSPS) is 26.4. The monoisotopic (exact) mass is 826 g/mol. The van der Waals surface area contributed by atoms with Crippen LogP contribution in [0, 0.1) is 5.82 Å². The van der Waals surface area contributed by atoms with Crippen LogP contribution in [0.3, 0.4) is 0 Å². The van der Waals surface area contributed by atoms with E-state index in [2.05, 4.69) is 27.3 Å². The first-order chi connectivity index (χ1) is 27.2. The van der Waals surface area contributed by atoms with E-state index in [0.717, 1.165) is 19.3 Å². The molecule has 0 aliphatic carbocycles. The molecule has 6 unspecified atom stereocenters. The van der Waals surface area contributed by atoms with Crippen molar-refractivity contribution < 1.29 is 46.8 Å². The van der Waals surface area contributed by atoms with Crippen molar-refractivity contribution in [2.75, 3.05) is 12.7 Å². The van der Waals surface area contributed by atoms with Crippen LogP contribution in [0.1, 0.15) is 93.6 Å². The number of rotatable bonds is 6. The number of benzene rings is 2. The van der Waals surface area contributed by atoms with Crippen LogP contribution < -0.4 is 15.1 Å². The van der Waals surface area contributed by atoms with E-state index >= 15 is 0 Å². The molecular weight excluding hydrogens is 777 g/mol. The van der Waals surface area contributed by atoms with E-state index in [1.165, 1.54) is 40.1 Å². The highest BCUT2D eigenvalue weighted by molar-refractivity contribution is 7.98. The summed E-state index contributed by atoms with van der Waals surface area (Å²) in [7, 11) is -4.97. The number of nitrogens with zero attached hydrogens (tertiary/aromatic N) is 2. The van der Waals surface area contributed by atoms with Gasteiger partial charge in [-0.15, -0.1) is 0 Å². The maximum Gasteiger partial charge on any atom is 0.410 e. The second kappa shape index (κ2) is 17.8. The van der Waals surface area contributed by atoms with Gasteiger partial charge >= 0.3 is 17.8 Å². The van der Waals surface area contributed by atoms with Gasteiger partial charge in [0, 0.05) is 24.1 Å². The molecule has 17 heteroatoms. The quantitative estimate of drug-likeness (QED) is 0.176. The zero-order valence-corrected chi connectivity index (χ0v) is 34.1. The van der Waals surface area contributed by atoms with Gasteiger partial charge in [0.15, 0.2) is 11.0 Å². The van der Waals surface area contributed by atoms with Gasteiger partial charge in [0.2, 0.25) is 13.3 Å². The number of amides is 5. The minimum atomic E-state index is -2.98. The van der Waals surface area contributed by atoms with Crippen molar-refractivity contribution in [3.05, 3.63) is 77.1 Å². The van der Waals surface area contributed by atoms with Gasteiger partial charge in [-0.1, -0.05) is 49.3 Å². The second-order valence-corrected chi connectivity index (χ2v) is 20.6. The minimum Gasteiger partial charge on any atom is -0.444 e. The fourth-order valence-corrected chi connectivity index (χ4v) is 12.3. The lowest BCUT2D eigenvalue weighted by Crippen LogP contribution is -2.54. The number of fused-ring (bicyclic) bond motifs is 3. The fourth-order valence-electron chi connectivity index (χ4n) is 7.52. The summed E-state index contributed by atoms with van der Waals surface area (Å²) in [5.74, 6) is -1.62. The zero-order valence-electron chi connectivity index (χ0n) is 32.4. The van der Waals surface area contributed by atoms with E-state index in [0.29, 0.717) is 48.4 Å². The number of carbonyl (C=O) groups excluding carboxylic acids is 6. The SMILES string of the molecule is CC(C)(C)OC(=O)NC1CCCCC/C=C\CCC2C[P+]2(C(=O)NS(=O)c2ccc(C=O)cc2)NC(=O)C2CC(OC(=O)N3Cc4cccc(F)c4C3)CN2C1=O. The smallest absolute Gasteiger partial charge is 0.410 e. The number of ether oxygens (including phenoxy) is 2. The van der Waals surface area contributed by atoms with Gasteiger partial charge in [-0.05, 0) is 76.6 Å². The number of nitrogens with one attached hydrogen (secondary N) is 3. The van der Waals surface area contributed by atoms with Crippen LogP contribution >= 0.6 is 7.41 Å².